The van der Waals surface area contributed by atoms with Crippen LogP contribution >= 0.6 is 11.9 Å². The van der Waals surface area contributed by atoms with Gasteiger partial charge >= 0.3 is 5.97 Å². The fraction of sp³-hybridized carbons (Fsp3) is 0.385. The molecule has 1 heterocycles. The lowest BCUT2D eigenvalue weighted by Crippen LogP contribution is -2.21. The summed E-state index contributed by atoms with van der Waals surface area (Å²) in [5.74, 6) is 0.653. The van der Waals surface area contributed by atoms with E-state index < -0.39 is 5.97 Å². The van der Waals surface area contributed by atoms with Crippen LogP contribution in [0.4, 0.5) is 5.69 Å². The van der Waals surface area contributed by atoms with E-state index in [4.69, 9.17) is 4.74 Å². The maximum Gasteiger partial charge on any atom is 0.337 e. The minimum absolute atomic E-state index is 0.415. The highest BCUT2D eigenvalue weighted by Gasteiger charge is 2.15. The molecule has 0 bridgehead atoms. The van der Waals surface area contributed by atoms with Gasteiger partial charge in [0.05, 0.1) is 12.7 Å². The van der Waals surface area contributed by atoms with Crippen LogP contribution in [-0.2, 0) is 4.74 Å². The van der Waals surface area contributed by atoms with E-state index in [9.17, 15) is 9.59 Å². The number of esters is 1. The van der Waals surface area contributed by atoms with Crippen molar-refractivity contribution >= 4 is 29.9 Å². The molecule has 1 aromatic carbocycles. The Morgan fingerprint density at radius 3 is 2.83 bits per heavy atom. The molecule has 96 valence electrons. The predicted octanol–water partition coefficient (Wildman–Crippen LogP) is 2.53. The molecule has 1 aromatic rings. The highest BCUT2D eigenvalue weighted by Crippen LogP contribution is 2.29. The van der Waals surface area contributed by atoms with Gasteiger partial charge in [-0.2, -0.15) is 0 Å². The summed E-state index contributed by atoms with van der Waals surface area (Å²) in [6.07, 6.45) is 3.09. The minimum atomic E-state index is -0.415. The fourth-order valence-corrected chi connectivity index (χ4v) is 2.95. The Morgan fingerprint density at radius 1 is 1.39 bits per heavy atom. The van der Waals surface area contributed by atoms with Crippen molar-refractivity contribution < 1.29 is 14.3 Å². The lowest BCUT2D eigenvalue weighted by atomic mass is 10.1. The Morgan fingerprint density at radius 2 is 2.22 bits per heavy atom. The summed E-state index contributed by atoms with van der Waals surface area (Å²) in [6.45, 7) is 0.938. The molecule has 1 aliphatic heterocycles. The van der Waals surface area contributed by atoms with E-state index in [2.05, 4.69) is 4.31 Å². The summed E-state index contributed by atoms with van der Waals surface area (Å²) in [7, 11) is 1.34. The monoisotopic (exact) mass is 265 g/mol. The highest BCUT2D eigenvalue weighted by molar-refractivity contribution is 8.00. The van der Waals surface area contributed by atoms with E-state index in [0.29, 0.717) is 11.1 Å². The van der Waals surface area contributed by atoms with Crippen molar-refractivity contribution in [1.29, 1.82) is 0 Å². The van der Waals surface area contributed by atoms with Crippen molar-refractivity contribution in [1.82, 2.24) is 0 Å². The van der Waals surface area contributed by atoms with Crippen LogP contribution in [0.3, 0.4) is 0 Å². The van der Waals surface area contributed by atoms with Crippen molar-refractivity contribution in [3.8, 4) is 0 Å². The molecule has 0 aliphatic carbocycles. The number of rotatable bonds is 3. The first-order valence-corrected chi connectivity index (χ1v) is 6.78. The van der Waals surface area contributed by atoms with Gasteiger partial charge in [-0.05, 0) is 43.0 Å². The number of anilines is 1. The third-order valence-corrected chi connectivity index (χ3v) is 3.96. The van der Waals surface area contributed by atoms with Gasteiger partial charge in [0.1, 0.15) is 6.29 Å². The van der Waals surface area contributed by atoms with Gasteiger partial charge in [-0.3, -0.25) is 4.79 Å². The first-order chi connectivity index (χ1) is 8.74. The number of hydrogen-bond acceptors (Lipinski definition) is 5. The second-order valence-corrected chi connectivity index (χ2v) is 5.17. The lowest BCUT2D eigenvalue weighted by molar-refractivity contribution is 0.0601. The van der Waals surface area contributed by atoms with E-state index in [0.717, 1.165) is 30.7 Å². The largest absolute Gasteiger partial charge is 0.465 e. The van der Waals surface area contributed by atoms with Gasteiger partial charge in [0, 0.05) is 23.5 Å². The second kappa shape index (κ2) is 5.91. The molecule has 5 heteroatoms. The lowest BCUT2D eigenvalue weighted by Gasteiger charge is -2.27. The third kappa shape index (κ3) is 2.85. The van der Waals surface area contributed by atoms with E-state index in [-0.39, 0.29) is 0 Å². The molecule has 0 amide bonds. The molecule has 0 radical (unpaired) electrons. The van der Waals surface area contributed by atoms with E-state index in [1.165, 1.54) is 13.5 Å². The topological polar surface area (TPSA) is 46.6 Å². The highest BCUT2D eigenvalue weighted by atomic mass is 32.2. The Labute approximate surface area is 110 Å². The summed E-state index contributed by atoms with van der Waals surface area (Å²) in [6, 6.07) is 5.13. The molecule has 0 aromatic heterocycles. The van der Waals surface area contributed by atoms with Crippen molar-refractivity contribution in [2.24, 2.45) is 0 Å². The molecule has 1 fully saturated rings. The summed E-state index contributed by atoms with van der Waals surface area (Å²) in [4.78, 5) is 22.5. The van der Waals surface area contributed by atoms with E-state index in [1.807, 2.05) is 0 Å². The first kappa shape index (κ1) is 13.0. The Kier molecular flexibility index (Phi) is 4.25. The number of methoxy groups -OCH3 is 1. The summed E-state index contributed by atoms with van der Waals surface area (Å²) in [5.41, 5.74) is 1.81. The molecule has 1 saturated heterocycles. The van der Waals surface area contributed by atoms with Crippen LogP contribution in [0.5, 0.6) is 0 Å². The third-order valence-electron chi connectivity index (χ3n) is 2.79. The molecule has 0 unspecified atom stereocenters. The average molecular weight is 265 g/mol. The molecule has 2 rings (SSSR count). The molecule has 4 nitrogen and oxygen atoms in total. The summed E-state index contributed by atoms with van der Waals surface area (Å²) in [5, 5.41) is 0. The smallest absolute Gasteiger partial charge is 0.337 e. The van der Waals surface area contributed by atoms with Gasteiger partial charge < -0.3 is 9.04 Å². The van der Waals surface area contributed by atoms with Gasteiger partial charge in [0.2, 0.25) is 0 Å². The zero-order chi connectivity index (χ0) is 13.0. The second-order valence-electron chi connectivity index (χ2n) is 4.07. The average Bonchev–Trinajstić information content (AvgIpc) is 2.46. The Balaban J connectivity index is 2.33. The fourth-order valence-electron chi connectivity index (χ4n) is 1.88. The van der Waals surface area contributed by atoms with Crippen LogP contribution in [0.1, 0.15) is 33.6 Å². The zero-order valence-electron chi connectivity index (χ0n) is 10.2. The molecule has 0 spiro atoms. The summed E-state index contributed by atoms with van der Waals surface area (Å²) >= 11 is 1.73. The van der Waals surface area contributed by atoms with E-state index >= 15 is 0 Å². The quantitative estimate of drug-likeness (QED) is 0.477. The van der Waals surface area contributed by atoms with Crippen molar-refractivity contribution in [2.45, 2.75) is 12.8 Å². The molecule has 0 atom stereocenters. The minimum Gasteiger partial charge on any atom is -0.465 e. The summed E-state index contributed by atoms with van der Waals surface area (Å²) < 4.78 is 6.83. The molecule has 1 aliphatic rings. The van der Waals surface area contributed by atoms with Crippen LogP contribution < -0.4 is 4.31 Å². The van der Waals surface area contributed by atoms with Crippen LogP contribution in [0, 0.1) is 0 Å². The van der Waals surface area contributed by atoms with Gasteiger partial charge in [-0.25, -0.2) is 4.79 Å². The van der Waals surface area contributed by atoms with Gasteiger partial charge in [0.15, 0.2) is 0 Å². The number of carbonyl (C=O) groups is 2. The van der Waals surface area contributed by atoms with Crippen molar-refractivity contribution in [3.05, 3.63) is 29.3 Å². The van der Waals surface area contributed by atoms with Gasteiger partial charge in [-0.1, -0.05) is 0 Å². The first-order valence-electron chi connectivity index (χ1n) is 5.83. The number of benzene rings is 1. The van der Waals surface area contributed by atoms with Crippen molar-refractivity contribution in [2.75, 3.05) is 23.7 Å². The number of carbonyl (C=O) groups excluding carboxylic acids is 2. The van der Waals surface area contributed by atoms with Crippen LogP contribution in [-0.4, -0.2) is 31.7 Å². The predicted molar refractivity (Wildman–Crippen MR) is 72.2 cm³/mol. The maximum absolute atomic E-state index is 11.6. The van der Waals surface area contributed by atoms with Gasteiger partial charge in [0.25, 0.3) is 0 Å². The Bertz CT molecular complexity index is 456. The Hall–Kier alpha value is -1.49. The molecule has 0 N–H and O–H groups in total. The number of hydrogen-bond donors (Lipinski definition) is 0. The SMILES string of the molecule is COC(=O)c1cc(C=O)cc(N2CCCCS2)c1. The number of ether oxygens (including phenoxy) is 1. The number of aldehydes is 1. The van der Waals surface area contributed by atoms with Crippen LogP contribution in [0.15, 0.2) is 18.2 Å². The zero-order valence-corrected chi connectivity index (χ0v) is 11.0. The van der Waals surface area contributed by atoms with Gasteiger partial charge in [-0.15, -0.1) is 0 Å². The van der Waals surface area contributed by atoms with Crippen LogP contribution in [0.25, 0.3) is 0 Å². The van der Waals surface area contributed by atoms with Crippen molar-refractivity contribution in [3.63, 3.8) is 0 Å². The molecular formula is C13H15NO3S. The van der Waals surface area contributed by atoms with E-state index in [1.54, 1.807) is 30.1 Å². The normalized spacial score (nSPS) is 15.3. The molecule has 18 heavy (non-hydrogen) atoms. The molecular weight excluding hydrogens is 250 g/mol. The van der Waals surface area contributed by atoms with Crippen LogP contribution in [0.2, 0.25) is 0 Å². The number of nitrogens with zero attached hydrogens (tertiary/aromatic N) is 1. The maximum atomic E-state index is 11.6. The standard InChI is InChI=1S/C13H15NO3S/c1-17-13(16)11-6-10(9-15)7-12(8-11)14-4-2-3-5-18-14/h6-9H,2-5H2,1H3. The molecule has 0 saturated carbocycles.